The fourth-order valence-corrected chi connectivity index (χ4v) is 9.48. The molecule has 0 radical (unpaired) electrons. The van der Waals surface area contributed by atoms with E-state index < -0.39 is 30.3 Å². The summed E-state index contributed by atoms with van der Waals surface area (Å²) in [7, 11) is -5.82. The van der Waals surface area contributed by atoms with E-state index in [4.69, 9.17) is 4.43 Å². The van der Waals surface area contributed by atoms with E-state index >= 15 is 0 Å². The van der Waals surface area contributed by atoms with Crippen molar-refractivity contribution in [3.8, 4) is 0 Å². The molecule has 0 bridgehead atoms. The van der Waals surface area contributed by atoms with E-state index in [9.17, 15) is 13.5 Å². The number of aliphatic hydroxyl groups excluding tert-OH is 1. The zero-order valence-corrected chi connectivity index (χ0v) is 22.5. The third kappa shape index (κ3) is 5.19. The molecule has 8 heteroatoms. The van der Waals surface area contributed by atoms with Crippen molar-refractivity contribution < 1.29 is 18.0 Å². The molecule has 0 amide bonds. The van der Waals surface area contributed by atoms with Gasteiger partial charge in [0, 0.05) is 11.6 Å². The largest absolute Gasteiger partial charge is 0.413 e. The maximum Gasteiger partial charge on any atom is 0.204 e. The fourth-order valence-electron chi connectivity index (χ4n) is 4.86. The molecule has 3 rings (SSSR count). The number of allylic oxidation sites excluding steroid dienone is 1. The van der Waals surface area contributed by atoms with Crippen molar-refractivity contribution in [1.82, 2.24) is 9.78 Å². The molecule has 0 spiro atoms. The molecule has 6 nitrogen and oxygen atoms in total. The molecular weight excluding hydrogens is 452 g/mol. The first-order chi connectivity index (χ1) is 15.6. The molecule has 1 N–H and O–H groups in total. The highest BCUT2D eigenvalue weighted by Gasteiger charge is 2.42. The molecule has 1 aromatic carbocycles. The molecule has 1 heterocycles. The zero-order chi connectivity index (χ0) is 24.4. The number of aromatic nitrogens is 2. The average molecular weight is 491 g/mol. The van der Waals surface area contributed by atoms with E-state index in [1.165, 1.54) is 6.08 Å². The number of sulfone groups is 1. The summed E-state index contributed by atoms with van der Waals surface area (Å²) in [4.78, 5) is 0.420. The van der Waals surface area contributed by atoms with Gasteiger partial charge < -0.3 is 9.53 Å². The number of hydrogen-bond donors (Lipinski definition) is 1. The molecule has 0 saturated heterocycles. The van der Waals surface area contributed by atoms with Crippen molar-refractivity contribution in [1.29, 1.82) is 0 Å². The minimum Gasteiger partial charge on any atom is -0.413 e. The van der Waals surface area contributed by atoms with Gasteiger partial charge in [-0.1, -0.05) is 45.9 Å². The molecule has 1 aliphatic rings. The summed E-state index contributed by atoms with van der Waals surface area (Å²) in [5, 5.41) is 15.8. The monoisotopic (exact) mass is 490 g/mol. The summed E-state index contributed by atoms with van der Waals surface area (Å²) in [5.41, 5.74) is 1.72. The highest BCUT2D eigenvalue weighted by molar-refractivity contribution is 7.95. The second-order valence-electron chi connectivity index (χ2n) is 9.26. The molecule has 1 unspecified atom stereocenters. The molecule has 0 fully saturated rings. The Kier molecular flexibility index (Phi) is 8.04. The summed E-state index contributed by atoms with van der Waals surface area (Å²) in [6, 6.07) is 12.8. The topological polar surface area (TPSA) is 81.4 Å². The van der Waals surface area contributed by atoms with Crippen LogP contribution in [0, 0.1) is 19.8 Å². The van der Waals surface area contributed by atoms with Gasteiger partial charge in [-0.05, 0) is 62.7 Å². The van der Waals surface area contributed by atoms with Gasteiger partial charge in [-0.2, -0.15) is 5.10 Å². The molecule has 1 aliphatic carbocycles. The van der Waals surface area contributed by atoms with E-state index in [-0.39, 0.29) is 21.8 Å². The van der Waals surface area contributed by atoms with E-state index in [1.54, 1.807) is 35.0 Å². The summed E-state index contributed by atoms with van der Waals surface area (Å²) >= 11 is 0. The molecule has 0 saturated carbocycles. The van der Waals surface area contributed by atoms with Crippen LogP contribution in [-0.2, 0) is 14.3 Å². The van der Waals surface area contributed by atoms with Crippen LogP contribution in [0.2, 0.25) is 18.1 Å². The number of aryl methyl sites for hydroxylation is 2. The van der Waals surface area contributed by atoms with Gasteiger partial charge in [0.25, 0.3) is 0 Å². The summed E-state index contributed by atoms with van der Waals surface area (Å²) < 4.78 is 36.3. The van der Waals surface area contributed by atoms with Gasteiger partial charge in [0.05, 0.1) is 33.7 Å². The van der Waals surface area contributed by atoms with Gasteiger partial charge in [-0.15, -0.1) is 0 Å². The standard InChI is InChI=1S/C25H38N2O4SSi/c1-7-33(8-2,9-3)31-24-16-22(27-19(5)15-18(4)26-27)25(17-23(28)20(24)6)32(29,30)21-13-11-10-12-14-21/h10-15,17,20,22-24,28H,7-9,16H2,1-6H3/t20-,22?,23-,24-/m1/s1. The second-order valence-corrected chi connectivity index (χ2v) is 15.9. The number of rotatable bonds is 8. The van der Waals surface area contributed by atoms with E-state index in [0.29, 0.717) is 6.42 Å². The van der Waals surface area contributed by atoms with Crippen molar-refractivity contribution >= 4 is 18.2 Å². The van der Waals surface area contributed by atoms with Crippen LogP contribution in [0.5, 0.6) is 0 Å². The molecule has 33 heavy (non-hydrogen) atoms. The minimum absolute atomic E-state index is 0.196. The van der Waals surface area contributed by atoms with Gasteiger partial charge >= 0.3 is 0 Å². The smallest absolute Gasteiger partial charge is 0.204 e. The van der Waals surface area contributed by atoms with Gasteiger partial charge in [0.2, 0.25) is 9.84 Å². The number of aliphatic hydroxyl groups is 1. The van der Waals surface area contributed by atoms with Crippen molar-refractivity contribution in [2.75, 3.05) is 0 Å². The van der Waals surface area contributed by atoms with Gasteiger partial charge in [0.1, 0.15) is 0 Å². The molecule has 182 valence electrons. The lowest BCUT2D eigenvalue weighted by Gasteiger charge is -2.37. The van der Waals surface area contributed by atoms with E-state index in [2.05, 4.69) is 25.9 Å². The maximum atomic E-state index is 13.8. The Morgan fingerprint density at radius 1 is 1.12 bits per heavy atom. The Hall–Kier alpha value is -1.74. The maximum absolute atomic E-state index is 13.8. The van der Waals surface area contributed by atoms with Crippen molar-refractivity contribution in [3.05, 3.63) is 58.8 Å². The lowest BCUT2D eigenvalue weighted by atomic mass is 9.97. The first kappa shape index (κ1) is 25.9. The Balaban J connectivity index is 2.15. The Labute approximate surface area is 199 Å². The molecule has 1 aromatic heterocycles. The molecule has 4 atom stereocenters. The number of benzene rings is 1. The van der Waals surface area contributed by atoms with Crippen LogP contribution in [0.1, 0.15) is 51.5 Å². The van der Waals surface area contributed by atoms with E-state index in [0.717, 1.165) is 29.5 Å². The first-order valence-corrected chi connectivity index (χ1v) is 16.0. The van der Waals surface area contributed by atoms with E-state index in [1.807, 2.05) is 26.8 Å². The molecule has 2 aromatic rings. The second kappa shape index (κ2) is 10.3. The predicted molar refractivity (Wildman–Crippen MR) is 134 cm³/mol. The van der Waals surface area contributed by atoms with Gasteiger partial charge in [-0.3, -0.25) is 4.68 Å². The third-order valence-electron chi connectivity index (χ3n) is 7.28. The average Bonchev–Trinajstić information content (AvgIpc) is 3.09. The fraction of sp³-hybridized carbons (Fsp3) is 0.560. The highest BCUT2D eigenvalue weighted by Crippen LogP contribution is 2.40. The lowest BCUT2D eigenvalue weighted by molar-refractivity contribution is 0.0478. The van der Waals surface area contributed by atoms with Gasteiger partial charge in [-0.25, -0.2) is 8.42 Å². The SMILES string of the molecule is CC[Si](CC)(CC)O[C@@H]1CC(n2nc(C)cc2C)C(S(=O)(=O)c2ccccc2)=C[C@@H](O)[C@H]1C. The summed E-state index contributed by atoms with van der Waals surface area (Å²) in [5.74, 6) is -0.232. The van der Waals surface area contributed by atoms with Crippen LogP contribution in [0.15, 0.2) is 52.3 Å². The molecule has 0 aliphatic heterocycles. The molecular formula is C25H38N2O4SSi. The summed E-state index contributed by atoms with van der Waals surface area (Å²) in [6.07, 6.45) is 0.792. The van der Waals surface area contributed by atoms with Crippen molar-refractivity contribution in [2.24, 2.45) is 5.92 Å². The third-order valence-corrected chi connectivity index (χ3v) is 13.9. The van der Waals surface area contributed by atoms with Crippen LogP contribution >= 0.6 is 0 Å². The van der Waals surface area contributed by atoms with Gasteiger partial charge in [0.15, 0.2) is 8.32 Å². The van der Waals surface area contributed by atoms with Crippen molar-refractivity contribution in [2.45, 2.75) is 89.2 Å². The number of nitrogens with zero attached hydrogens (tertiary/aromatic N) is 2. The normalized spacial score (nSPS) is 24.4. The van der Waals surface area contributed by atoms with Crippen LogP contribution in [0.25, 0.3) is 0 Å². The Morgan fingerprint density at radius 2 is 1.73 bits per heavy atom. The number of hydrogen-bond acceptors (Lipinski definition) is 5. The minimum atomic E-state index is -3.83. The Bertz CT molecular complexity index is 1070. The van der Waals surface area contributed by atoms with Crippen molar-refractivity contribution in [3.63, 3.8) is 0 Å². The zero-order valence-electron chi connectivity index (χ0n) is 20.7. The Morgan fingerprint density at radius 3 is 2.24 bits per heavy atom. The lowest BCUT2D eigenvalue weighted by Crippen LogP contribution is -2.44. The predicted octanol–water partition coefficient (Wildman–Crippen LogP) is 5.19. The van der Waals surface area contributed by atoms with Crippen LogP contribution in [0.4, 0.5) is 0 Å². The highest BCUT2D eigenvalue weighted by atomic mass is 32.2. The quantitative estimate of drug-likeness (QED) is 0.515. The van der Waals surface area contributed by atoms with Crippen LogP contribution in [-0.4, -0.2) is 43.8 Å². The summed E-state index contributed by atoms with van der Waals surface area (Å²) in [6.45, 7) is 12.3. The van der Waals surface area contributed by atoms with Crippen LogP contribution < -0.4 is 0 Å². The van der Waals surface area contributed by atoms with Crippen LogP contribution in [0.3, 0.4) is 0 Å². The first-order valence-electron chi connectivity index (χ1n) is 12.0.